The van der Waals surface area contributed by atoms with Crippen molar-refractivity contribution in [2.24, 2.45) is 21.3 Å². The Morgan fingerprint density at radius 3 is 2.71 bits per heavy atom. The summed E-state index contributed by atoms with van der Waals surface area (Å²) in [5, 5.41) is 3.14. The van der Waals surface area contributed by atoms with Crippen LogP contribution < -0.4 is 5.32 Å². The van der Waals surface area contributed by atoms with Crippen molar-refractivity contribution in [3.05, 3.63) is 0 Å². The Morgan fingerprint density at radius 1 is 1.36 bits per heavy atom. The first-order valence-corrected chi connectivity index (χ1v) is 4.89. The van der Waals surface area contributed by atoms with E-state index >= 15 is 0 Å². The van der Waals surface area contributed by atoms with Gasteiger partial charge in [-0.15, -0.1) is 0 Å². The standard InChI is InChI=1S/C10H15N3O/c1-10(2,3)9-12-7-5-11-4-6(7)8(14)13-9/h6,11H,4-5H2,1-3H3. The van der Waals surface area contributed by atoms with Gasteiger partial charge in [-0.2, -0.15) is 4.99 Å². The lowest BCUT2D eigenvalue weighted by Crippen LogP contribution is -2.32. The SMILES string of the molecule is CC(C)(C)C1=NC(=O)C2CNCC2=N1. The average molecular weight is 193 g/mol. The number of rotatable bonds is 0. The molecule has 0 spiro atoms. The van der Waals surface area contributed by atoms with Crippen molar-refractivity contribution in [3.8, 4) is 0 Å². The number of fused-ring (bicyclic) bond motifs is 1. The second-order valence-electron chi connectivity index (χ2n) is 4.81. The molecule has 0 aliphatic carbocycles. The summed E-state index contributed by atoms with van der Waals surface area (Å²) in [6, 6.07) is 0. The van der Waals surface area contributed by atoms with E-state index in [1.807, 2.05) is 20.8 Å². The number of nitrogens with one attached hydrogen (secondary N) is 1. The molecule has 1 N–H and O–H groups in total. The van der Waals surface area contributed by atoms with Crippen LogP contribution in [0.1, 0.15) is 20.8 Å². The number of nitrogens with zero attached hydrogens (tertiary/aromatic N) is 2. The van der Waals surface area contributed by atoms with Gasteiger partial charge in [0.15, 0.2) is 0 Å². The number of hydrogen-bond acceptors (Lipinski definition) is 3. The summed E-state index contributed by atoms with van der Waals surface area (Å²) in [6.07, 6.45) is 0. The van der Waals surface area contributed by atoms with Crippen molar-refractivity contribution in [2.75, 3.05) is 13.1 Å². The van der Waals surface area contributed by atoms with Crippen molar-refractivity contribution in [1.82, 2.24) is 5.32 Å². The monoisotopic (exact) mass is 193 g/mol. The van der Waals surface area contributed by atoms with Gasteiger partial charge in [0, 0.05) is 24.2 Å². The van der Waals surface area contributed by atoms with E-state index in [4.69, 9.17) is 0 Å². The van der Waals surface area contributed by atoms with Crippen LogP contribution in [0.25, 0.3) is 0 Å². The molecule has 2 heterocycles. The third kappa shape index (κ3) is 1.50. The quantitative estimate of drug-likeness (QED) is 0.613. The third-order valence-corrected chi connectivity index (χ3v) is 2.49. The number of amidine groups is 1. The number of carbonyl (C=O) groups is 1. The number of amides is 1. The molecular formula is C10H15N3O. The molecule has 1 amide bonds. The minimum Gasteiger partial charge on any atom is -0.310 e. The van der Waals surface area contributed by atoms with E-state index in [1.165, 1.54) is 0 Å². The first-order valence-electron chi connectivity index (χ1n) is 4.89. The van der Waals surface area contributed by atoms with Gasteiger partial charge < -0.3 is 5.32 Å². The predicted molar refractivity (Wildman–Crippen MR) is 55.7 cm³/mol. The fourth-order valence-corrected chi connectivity index (χ4v) is 1.61. The molecule has 2 rings (SSSR count). The first-order chi connectivity index (χ1) is 6.48. The average Bonchev–Trinajstić information content (AvgIpc) is 2.50. The Labute approximate surface area is 83.5 Å². The van der Waals surface area contributed by atoms with E-state index in [-0.39, 0.29) is 17.2 Å². The maximum atomic E-state index is 11.6. The van der Waals surface area contributed by atoms with Crippen molar-refractivity contribution in [2.45, 2.75) is 20.8 Å². The van der Waals surface area contributed by atoms with Crippen molar-refractivity contribution >= 4 is 17.5 Å². The summed E-state index contributed by atoms with van der Waals surface area (Å²) in [5.41, 5.74) is 0.811. The van der Waals surface area contributed by atoms with Crippen LogP contribution in [0.3, 0.4) is 0 Å². The van der Waals surface area contributed by atoms with Crippen molar-refractivity contribution < 1.29 is 4.79 Å². The molecule has 0 saturated carbocycles. The van der Waals surface area contributed by atoms with Gasteiger partial charge in [-0.1, -0.05) is 20.8 Å². The molecule has 0 radical (unpaired) electrons. The maximum Gasteiger partial charge on any atom is 0.257 e. The molecule has 0 aromatic heterocycles. The fourth-order valence-electron chi connectivity index (χ4n) is 1.61. The summed E-state index contributed by atoms with van der Waals surface area (Å²) in [6.45, 7) is 7.48. The second kappa shape index (κ2) is 2.98. The predicted octanol–water partition coefficient (Wildman–Crippen LogP) is 0.632. The van der Waals surface area contributed by atoms with E-state index in [0.717, 1.165) is 12.3 Å². The summed E-state index contributed by atoms with van der Waals surface area (Å²) >= 11 is 0. The normalized spacial score (nSPS) is 27.1. The molecule has 4 nitrogen and oxygen atoms in total. The Balaban J connectivity index is 2.35. The Morgan fingerprint density at radius 2 is 2.07 bits per heavy atom. The van der Waals surface area contributed by atoms with E-state index in [1.54, 1.807) is 0 Å². The van der Waals surface area contributed by atoms with Crippen LogP contribution in [-0.4, -0.2) is 30.5 Å². The summed E-state index contributed by atoms with van der Waals surface area (Å²) in [4.78, 5) is 20.1. The molecule has 0 bridgehead atoms. The highest BCUT2D eigenvalue weighted by atomic mass is 16.1. The Kier molecular flexibility index (Phi) is 2.03. The van der Waals surface area contributed by atoms with Crippen molar-refractivity contribution in [1.29, 1.82) is 0 Å². The van der Waals surface area contributed by atoms with Gasteiger partial charge in [0.1, 0.15) is 5.84 Å². The highest BCUT2D eigenvalue weighted by Gasteiger charge is 2.35. The molecule has 1 fully saturated rings. The van der Waals surface area contributed by atoms with E-state index in [9.17, 15) is 4.79 Å². The van der Waals surface area contributed by atoms with Gasteiger partial charge in [0.05, 0.1) is 5.92 Å². The van der Waals surface area contributed by atoms with E-state index in [0.29, 0.717) is 12.4 Å². The zero-order valence-corrected chi connectivity index (χ0v) is 8.79. The van der Waals surface area contributed by atoms with Crippen LogP contribution in [0.4, 0.5) is 0 Å². The zero-order chi connectivity index (χ0) is 10.3. The third-order valence-electron chi connectivity index (χ3n) is 2.49. The topological polar surface area (TPSA) is 53.8 Å². The van der Waals surface area contributed by atoms with Crippen LogP contribution >= 0.6 is 0 Å². The molecule has 2 aliphatic heterocycles. The molecule has 0 aromatic rings. The summed E-state index contributed by atoms with van der Waals surface area (Å²) in [5.74, 6) is 0.531. The molecule has 0 aromatic carbocycles. The smallest absolute Gasteiger partial charge is 0.257 e. The van der Waals surface area contributed by atoms with Crippen molar-refractivity contribution in [3.63, 3.8) is 0 Å². The first kappa shape index (κ1) is 9.52. The lowest BCUT2D eigenvalue weighted by Gasteiger charge is -2.22. The summed E-state index contributed by atoms with van der Waals surface area (Å²) in [7, 11) is 0. The van der Waals surface area contributed by atoms with Crippen LogP contribution in [0, 0.1) is 11.3 Å². The molecule has 14 heavy (non-hydrogen) atoms. The van der Waals surface area contributed by atoms with Crippen LogP contribution in [0.15, 0.2) is 9.98 Å². The number of aliphatic imine (C=N–C) groups is 2. The molecule has 2 aliphatic rings. The lowest BCUT2D eigenvalue weighted by molar-refractivity contribution is -0.119. The maximum absolute atomic E-state index is 11.6. The van der Waals surface area contributed by atoms with Gasteiger partial charge in [0.25, 0.3) is 5.91 Å². The molecule has 4 heteroatoms. The number of hydrogen-bond donors (Lipinski definition) is 1. The van der Waals surface area contributed by atoms with Gasteiger partial charge in [-0.25, -0.2) is 4.99 Å². The van der Waals surface area contributed by atoms with E-state index in [2.05, 4.69) is 15.3 Å². The fraction of sp³-hybridized carbons (Fsp3) is 0.700. The second-order valence-corrected chi connectivity index (χ2v) is 4.81. The minimum atomic E-state index is -0.143. The van der Waals surface area contributed by atoms with Crippen LogP contribution in [-0.2, 0) is 4.79 Å². The largest absolute Gasteiger partial charge is 0.310 e. The zero-order valence-electron chi connectivity index (χ0n) is 8.79. The molecule has 76 valence electrons. The van der Waals surface area contributed by atoms with Crippen LogP contribution in [0.5, 0.6) is 0 Å². The minimum absolute atomic E-state index is 0.0371. The Bertz CT molecular complexity index is 336. The van der Waals surface area contributed by atoms with Gasteiger partial charge in [0.2, 0.25) is 0 Å². The number of carbonyl (C=O) groups excluding carboxylic acids is 1. The van der Waals surface area contributed by atoms with Gasteiger partial charge in [-0.05, 0) is 0 Å². The molecule has 1 atom stereocenters. The van der Waals surface area contributed by atoms with E-state index < -0.39 is 0 Å². The Hall–Kier alpha value is -1.03. The highest BCUT2D eigenvalue weighted by Crippen LogP contribution is 2.23. The van der Waals surface area contributed by atoms with Gasteiger partial charge in [-0.3, -0.25) is 4.79 Å². The molecule has 1 unspecified atom stereocenters. The van der Waals surface area contributed by atoms with Crippen LogP contribution in [0.2, 0.25) is 0 Å². The summed E-state index contributed by atoms with van der Waals surface area (Å²) < 4.78 is 0. The van der Waals surface area contributed by atoms with Gasteiger partial charge >= 0.3 is 0 Å². The molecule has 1 saturated heterocycles. The lowest BCUT2D eigenvalue weighted by atomic mass is 9.93. The molecular weight excluding hydrogens is 178 g/mol. The highest BCUT2D eigenvalue weighted by molar-refractivity contribution is 6.18.